The van der Waals surface area contributed by atoms with Crippen LogP contribution >= 0.6 is 15.9 Å². The molecule has 0 aromatic heterocycles. The van der Waals surface area contributed by atoms with Crippen LogP contribution < -0.4 is 0 Å². The van der Waals surface area contributed by atoms with Gasteiger partial charge in [0, 0.05) is 16.5 Å². The van der Waals surface area contributed by atoms with Crippen molar-refractivity contribution in [3.63, 3.8) is 0 Å². The summed E-state index contributed by atoms with van der Waals surface area (Å²) in [6.07, 6.45) is 0. The van der Waals surface area contributed by atoms with Gasteiger partial charge in [0.05, 0.1) is 19.8 Å². The lowest BCUT2D eigenvalue weighted by atomic mass is 10.1. The number of hydrogen-bond acceptors (Lipinski definition) is 4. The first kappa shape index (κ1) is 21.2. The number of hydrogen-bond donors (Lipinski definition) is 1. The van der Waals surface area contributed by atoms with Crippen LogP contribution in [0.25, 0.3) is 0 Å². The first-order chi connectivity index (χ1) is 12.0. The van der Waals surface area contributed by atoms with E-state index in [0.29, 0.717) is 18.8 Å². The highest BCUT2D eigenvalue weighted by Crippen LogP contribution is 2.09. The van der Waals surface area contributed by atoms with E-state index in [1.54, 1.807) is 19.1 Å². The first-order valence-corrected chi connectivity index (χ1v) is 9.04. The van der Waals surface area contributed by atoms with Gasteiger partial charge in [0.1, 0.15) is 0 Å². The molecule has 0 spiro atoms. The molecule has 2 aromatic rings. The van der Waals surface area contributed by atoms with Gasteiger partial charge >= 0.3 is 0 Å². The Hall–Kier alpha value is -1.82. The third-order valence-corrected chi connectivity index (χ3v) is 3.97. The van der Waals surface area contributed by atoms with E-state index in [-0.39, 0.29) is 18.2 Å². The van der Waals surface area contributed by atoms with Crippen molar-refractivity contribution in [2.45, 2.75) is 25.8 Å². The van der Waals surface area contributed by atoms with Gasteiger partial charge < -0.3 is 9.84 Å². The summed E-state index contributed by atoms with van der Waals surface area (Å²) in [5, 5.41) is 9.31. The maximum Gasteiger partial charge on any atom is 0.159 e. The highest BCUT2D eigenvalue weighted by Gasteiger charge is 2.00. The Bertz CT molecular complexity index is 698. The van der Waals surface area contributed by atoms with E-state index in [4.69, 9.17) is 9.84 Å². The van der Waals surface area contributed by atoms with Crippen LogP contribution in [0.15, 0.2) is 48.5 Å². The molecule has 0 aliphatic heterocycles. The van der Waals surface area contributed by atoms with Gasteiger partial charge in [-0.15, -0.1) is 0 Å². The number of aliphatic hydroxyl groups excluding tert-OH is 1. The number of alkyl halides is 1. The summed E-state index contributed by atoms with van der Waals surface area (Å²) in [5.74, 6) is 0.168. The molecule has 5 heteroatoms. The minimum Gasteiger partial charge on any atom is -0.394 e. The number of halogens is 1. The molecular formula is C20H23BrO4. The van der Waals surface area contributed by atoms with E-state index in [1.165, 1.54) is 6.92 Å². The zero-order valence-electron chi connectivity index (χ0n) is 14.5. The summed E-state index contributed by atoms with van der Waals surface area (Å²) in [5.41, 5.74) is 3.56. The topological polar surface area (TPSA) is 63.6 Å². The molecule has 0 fully saturated rings. The number of Topliss-reactive ketones (excluding diaryl/α,β-unsaturated/α-hetero) is 2. The number of ketones is 2. The van der Waals surface area contributed by atoms with Gasteiger partial charge in [-0.3, -0.25) is 9.59 Å². The molecule has 0 heterocycles. The minimum atomic E-state index is 0.0202. The van der Waals surface area contributed by atoms with Crippen molar-refractivity contribution >= 4 is 27.5 Å². The Labute approximate surface area is 157 Å². The van der Waals surface area contributed by atoms with Crippen molar-refractivity contribution in [2.75, 3.05) is 13.2 Å². The van der Waals surface area contributed by atoms with E-state index in [9.17, 15) is 9.59 Å². The molecule has 0 saturated heterocycles. The molecular weight excluding hydrogens is 384 g/mol. The van der Waals surface area contributed by atoms with Crippen LogP contribution in [0.2, 0.25) is 0 Å². The number of carbonyl (C=O) groups is 2. The standard InChI is InChI=1S/C11H14O3.C9H9BrO/c1-9(13)11-4-2-3-10(7-11)8-14-6-5-12;1-7(11)9-4-2-3-8(5-9)6-10/h2-4,7,12H,5-6,8H2,1H3;2-5H,6H2,1H3. The SMILES string of the molecule is CC(=O)c1cccc(CBr)c1.CC(=O)c1cccc(COCCO)c1. The summed E-state index contributed by atoms with van der Waals surface area (Å²) >= 11 is 3.33. The van der Waals surface area contributed by atoms with Crippen molar-refractivity contribution in [3.05, 3.63) is 70.8 Å². The maximum atomic E-state index is 11.0. The summed E-state index contributed by atoms with van der Waals surface area (Å²) in [4.78, 5) is 21.9. The smallest absolute Gasteiger partial charge is 0.159 e. The summed E-state index contributed by atoms with van der Waals surface area (Å²) in [7, 11) is 0. The molecule has 0 aliphatic rings. The van der Waals surface area contributed by atoms with Gasteiger partial charge in [-0.2, -0.15) is 0 Å². The third-order valence-electron chi connectivity index (χ3n) is 3.33. The average molecular weight is 407 g/mol. The van der Waals surface area contributed by atoms with Crippen LogP contribution in [-0.2, 0) is 16.7 Å². The van der Waals surface area contributed by atoms with Crippen LogP contribution in [-0.4, -0.2) is 29.9 Å². The third kappa shape index (κ3) is 8.20. The van der Waals surface area contributed by atoms with Crippen molar-refractivity contribution in [1.82, 2.24) is 0 Å². The minimum absolute atomic E-state index is 0.0202. The Morgan fingerprint density at radius 1 is 0.960 bits per heavy atom. The molecule has 25 heavy (non-hydrogen) atoms. The van der Waals surface area contributed by atoms with E-state index in [2.05, 4.69) is 15.9 Å². The fraction of sp³-hybridized carbons (Fsp3) is 0.300. The molecule has 0 amide bonds. The van der Waals surface area contributed by atoms with Gasteiger partial charge in [0.2, 0.25) is 0 Å². The molecule has 0 saturated carbocycles. The van der Waals surface area contributed by atoms with Crippen molar-refractivity contribution < 1.29 is 19.4 Å². The zero-order valence-corrected chi connectivity index (χ0v) is 16.1. The zero-order chi connectivity index (χ0) is 18.7. The van der Waals surface area contributed by atoms with Crippen LogP contribution in [0.4, 0.5) is 0 Å². The number of benzene rings is 2. The van der Waals surface area contributed by atoms with Crippen LogP contribution in [0.3, 0.4) is 0 Å². The van der Waals surface area contributed by atoms with Gasteiger partial charge in [-0.25, -0.2) is 0 Å². The normalized spacial score (nSPS) is 9.92. The molecule has 2 aromatic carbocycles. The average Bonchev–Trinajstić information content (AvgIpc) is 2.63. The second kappa shape index (κ2) is 11.7. The largest absolute Gasteiger partial charge is 0.394 e. The lowest BCUT2D eigenvalue weighted by Gasteiger charge is -2.03. The van der Waals surface area contributed by atoms with Crippen LogP contribution in [0.1, 0.15) is 45.7 Å². The van der Waals surface area contributed by atoms with E-state index < -0.39 is 0 Å². The predicted octanol–water partition coefficient (Wildman–Crippen LogP) is 4.18. The van der Waals surface area contributed by atoms with Crippen molar-refractivity contribution in [3.8, 4) is 0 Å². The molecule has 0 unspecified atom stereocenters. The molecule has 0 radical (unpaired) electrons. The molecule has 2 rings (SSSR count). The molecule has 1 N–H and O–H groups in total. The molecule has 4 nitrogen and oxygen atoms in total. The number of rotatable bonds is 7. The number of carbonyl (C=O) groups excluding carboxylic acids is 2. The lowest BCUT2D eigenvalue weighted by molar-refractivity contribution is 0.0814. The second-order valence-corrected chi connectivity index (χ2v) is 5.98. The predicted molar refractivity (Wildman–Crippen MR) is 102 cm³/mol. The Morgan fingerprint density at radius 2 is 1.48 bits per heavy atom. The monoisotopic (exact) mass is 406 g/mol. The van der Waals surface area contributed by atoms with Gasteiger partial charge in [-0.1, -0.05) is 52.3 Å². The van der Waals surface area contributed by atoms with Gasteiger partial charge in [0.15, 0.2) is 11.6 Å². The van der Waals surface area contributed by atoms with Crippen molar-refractivity contribution in [2.24, 2.45) is 0 Å². The van der Waals surface area contributed by atoms with E-state index >= 15 is 0 Å². The van der Waals surface area contributed by atoms with Gasteiger partial charge in [-0.05, 0) is 37.1 Å². The lowest BCUT2D eigenvalue weighted by Crippen LogP contribution is -2.00. The molecule has 0 atom stereocenters. The summed E-state index contributed by atoms with van der Waals surface area (Å²) in [6, 6.07) is 14.9. The fourth-order valence-corrected chi connectivity index (χ4v) is 2.36. The first-order valence-electron chi connectivity index (χ1n) is 7.92. The fourth-order valence-electron chi connectivity index (χ4n) is 2.01. The number of aliphatic hydroxyl groups is 1. The Morgan fingerprint density at radius 3 is 1.96 bits per heavy atom. The van der Waals surface area contributed by atoms with E-state index in [1.807, 2.05) is 36.4 Å². The molecule has 0 aliphatic carbocycles. The molecule has 134 valence electrons. The Kier molecular flexibility index (Phi) is 9.92. The van der Waals surface area contributed by atoms with Crippen LogP contribution in [0.5, 0.6) is 0 Å². The summed E-state index contributed by atoms with van der Waals surface area (Å²) < 4.78 is 5.14. The highest BCUT2D eigenvalue weighted by atomic mass is 79.9. The molecule has 0 bridgehead atoms. The van der Waals surface area contributed by atoms with Gasteiger partial charge in [0.25, 0.3) is 0 Å². The van der Waals surface area contributed by atoms with E-state index in [0.717, 1.165) is 22.0 Å². The van der Waals surface area contributed by atoms with Crippen molar-refractivity contribution in [1.29, 1.82) is 0 Å². The number of ether oxygens (including phenoxy) is 1. The van der Waals surface area contributed by atoms with Crippen LogP contribution in [0, 0.1) is 0 Å². The summed E-state index contributed by atoms with van der Waals surface area (Å²) in [6.45, 7) is 3.89. The Balaban J connectivity index is 0.000000257. The quantitative estimate of drug-likeness (QED) is 0.425. The highest BCUT2D eigenvalue weighted by molar-refractivity contribution is 9.08. The maximum absolute atomic E-state index is 11.0. The second-order valence-electron chi connectivity index (χ2n) is 5.42.